The Morgan fingerprint density at radius 3 is 2.40 bits per heavy atom. The van der Waals surface area contributed by atoms with E-state index in [1.807, 2.05) is 0 Å². The molecule has 14 heteroatoms. The van der Waals surface area contributed by atoms with Crippen LogP contribution in [0.2, 0.25) is 0 Å². The third-order valence-electron chi connectivity index (χ3n) is 7.86. The van der Waals surface area contributed by atoms with E-state index >= 15 is 0 Å². The molecular formula is C29H26F4N4O6. The number of rotatable bonds is 6. The van der Waals surface area contributed by atoms with Crippen molar-refractivity contribution in [2.75, 3.05) is 13.3 Å². The van der Waals surface area contributed by atoms with E-state index in [1.165, 1.54) is 49.1 Å². The number of aromatic nitrogens is 2. The lowest BCUT2D eigenvalue weighted by Gasteiger charge is -2.32. The van der Waals surface area contributed by atoms with E-state index in [0.29, 0.717) is 16.0 Å². The zero-order chi connectivity index (χ0) is 31.4. The van der Waals surface area contributed by atoms with E-state index < -0.39 is 72.3 Å². The van der Waals surface area contributed by atoms with E-state index in [9.17, 15) is 41.5 Å². The molecule has 2 aromatic carbocycles. The second kappa shape index (κ2) is 10.6. The van der Waals surface area contributed by atoms with Gasteiger partial charge in [-0.25, -0.2) is 9.18 Å². The number of alkyl halides is 3. The van der Waals surface area contributed by atoms with Crippen LogP contribution in [0.25, 0.3) is 11.1 Å². The number of amides is 2. The third-order valence-corrected chi connectivity index (χ3v) is 7.86. The van der Waals surface area contributed by atoms with Gasteiger partial charge in [0.2, 0.25) is 11.5 Å². The first-order valence-electron chi connectivity index (χ1n) is 13.1. The van der Waals surface area contributed by atoms with Crippen molar-refractivity contribution < 1.29 is 36.7 Å². The Morgan fingerprint density at radius 2 is 1.74 bits per heavy atom. The van der Waals surface area contributed by atoms with Gasteiger partial charge in [0.15, 0.2) is 5.78 Å². The fraction of sp³-hybridized carbons (Fsp3) is 0.345. The van der Waals surface area contributed by atoms with E-state index in [1.54, 1.807) is 6.07 Å². The summed E-state index contributed by atoms with van der Waals surface area (Å²) in [7, 11) is 2.81. The number of ketones is 1. The van der Waals surface area contributed by atoms with Gasteiger partial charge in [-0.05, 0) is 35.7 Å². The highest BCUT2D eigenvalue weighted by molar-refractivity contribution is 6.15. The predicted molar refractivity (Wildman–Crippen MR) is 143 cm³/mol. The fourth-order valence-electron chi connectivity index (χ4n) is 5.39. The minimum absolute atomic E-state index is 0.187. The zero-order valence-electron chi connectivity index (χ0n) is 23.3. The Kier molecular flexibility index (Phi) is 7.37. The predicted octanol–water partition coefficient (Wildman–Crippen LogP) is 2.01. The van der Waals surface area contributed by atoms with Crippen molar-refractivity contribution in [2.45, 2.75) is 37.7 Å². The number of halogens is 4. The van der Waals surface area contributed by atoms with Gasteiger partial charge >= 0.3 is 11.9 Å². The Balaban J connectivity index is 1.42. The average molecular weight is 603 g/mol. The molecule has 10 nitrogen and oxygen atoms in total. The molecule has 5 rings (SSSR count). The van der Waals surface area contributed by atoms with Crippen LogP contribution in [-0.4, -0.2) is 62.0 Å². The lowest BCUT2D eigenvalue weighted by atomic mass is 9.92. The molecule has 0 radical (unpaired) electrons. The number of ether oxygens (including phenoxy) is 1. The third kappa shape index (κ3) is 5.05. The van der Waals surface area contributed by atoms with Crippen molar-refractivity contribution in [1.82, 2.24) is 18.9 Å². The van der Waals surface area contributed by atoms with Crippen LogP contribution in [0.5, 0.6) is 0 Å². The van der Waals surface area contributed by atoms with Crippen molar-refractivity contribution >= 4 is 17.6 Å². The van der Waals surface area contributed by atoms with Crippen LogP contribution in [0.1, 0.15) is 23.6 Å². The minimum Gasteiger partial charge on any atom is -0.332 e. The normalized spacial score (nSPS) is 18.8. The van der Waals surface area contributed by atoms with Gasteiger partial charge in [0.05, 0.1) is 5.56 Å². The standard InChI is InChI=1S/C29H26F4N4O6/c1-16(29(31,32)33)37(12-17-4-7-20(30)8-5-17)24(39)14-36-15-43-28(26(36)41)22-9-6-18(10-19(22)11-23(28)38)21-13-34(2)27(42)35(3)25(21)40/h4-10,13,16H,11-12,14-15H2,1-3H3/t16-,28+/m0/s1. The zero-order valence-corrected chi connectivity index (χ0v) is 23.3. The van der Waals surface area contributed by atoms with Gasteiger partial charge in [-0.1, -0.05) is 30.3 Å². The maximum atomic E-state index is 13.7. The van der Waals surface area contributed by atoms with Crippen LogP contribution in [-0.2, 0) is 51.8 Å². The van der Waals surface area contributed by atoms with Crippen LogP contribution in [0.4, 0.5) is 17.6 Å². The molecule has 1 aliphatic heterocycles. The van der Waals surface area contributed by atoms with Gasteiger partial charge < -0.3 is 19.1 Å². The Morgan fingerprint density at radius 1 is 1.07 bits per heavy atom. The molecule has 1 aliphatic carbocycles. The maximum absolute atomic E-state index is 13.7. The van der Waals surface area contributed by atoms with Gasteiger partial charge in [0.1, 0.15) is 25.1 Å². The molecule has 1 aromatic heterocycles. The number of hydrogen-bond acceptors (Lipinski definition) is 6. The lowest BCUT2D eigenvalue weighted by molar-refractivity contribution is -0.187. The first kappa shape index (κ1) is 29.9. The SMILES string of the molecule is C[C@H](N(Cc1ccc(F)cc1)C(=O)CN1CO[C@]2(C(=O)Cc3cc(-c4cn(C)c(=O)n(C)c4=O)ccc32)C1=O)C(F)(F)F. The van der Waals surface area contributed by atoms with Crippen molar-refractivity contribution in [1.29, 1.82) is 0 Å². The summed E-state index contributed by atoms with van der Waals surface area (Å²) in [6, 6.07) is 6.90. The highest BCUT2D eigenvalue weighted by Crippen LogP contribution is 2.43. The molecule has 0 saturated carbocycles. The topological polar surface area (TPSA) is 111 Å². The Hall–Kier alpha value is -4.59. The molecule has 0 bridgehead atoms. The largest absolute Gasteiger partial charge is 0.408 e. The molecule has 226 valence electrons. The molecule has 1 saturated heterocycles. The Bertz CT molecular complexity index is 1760. The number of Topliss-reactive ketones (excluding diaryl/α,β-unsaturated/α-hetero) is 1. The summed E-state index contributed by atoms with van der Waals surface area (Å²) in [5.74, 6) is -3.16. The van der Waals surface area contributed by atoms with E-state index in [4.69, 9.17) is 4.74 Å². The highest BCUT2D eigenvalue weighted by Gasteiger charge is 2.59. The average Bonchev–Trinajstić information content (AvgIpc) is 3.43. The van der Waals surface area contributed by atoms with Gasteiger partial charge in [0.25, 0.3) is 11.5 Å². The summed E-state index contributed by atoms with van der Waals surface area (Å²) in [4.78, 5) is 66.3. The fourth-order valence-corrected chi connectivity index (χ4v) is 5.39. The summed E-state index contributed by atoms with van der Waals surface area (Å²) in [5.41, 5.74) is -1.74. The molecule has 2 heterocycles. The number of carbonyl (C=O) groups is 3. The molecule has 0 N–H and O–H groups in total. The molecule has 43 heavy (non-hydrogen) atoms. The van der Waals surface area contributed by atoms with Crippen LogP contribution in [0.3, 0.4) is 0 Å². The van der Waals surface area contributed by atoms with Gasteiger partial charge in [-0.3, -0.25) is 23.7 Å². The first-order valence-corrected chi connectivity index (χ1v) is 13.1. The minimum atomic E-state index is -4.79. The van der Waals surface area contributed by atoms with Crippen molar-refractivity contribution in [3.05, 3.63) is 92.0 Å². The monoisotopic (exact) mass is 602 g/mol. The van der Waals surface area contributed by atoms with Crippen molar-refractivity contribution in [3.63, 3.8) is 0 Å². The molecular weight excluding hydrogens is 576 g/mol. The van der Waals surface area contributed by atoms with Crippen LogP contribution in [0, 0.1) is 5.82 Å². The van der Waals surface area contributed by atoms with E-state index in [2.05, 4.69) is 0 Å². The molecule has 0 unspecified atom stereocenters. The second-order valence-corrected chi connectivity index (χ2v) is 10.6. The van der Waals surface area contributed by atoms with Crippen molar-refractivity contribution in [2.24, 2.45) is 14.1 Å². The van der Waals surface area contributed by atoms with Gasteiger partial charge in [-0.2, -0.15) is 13.2 Å². The number of benzene rings is 2. The Labute approximate surface area is 241 Å². The summed E-state index contributed by atoms with van der Waals surface area (Å²) in [6.07, 6.45) is -3.65. The number of aryl methyl sites for hydroxylation is 1. The lowest BCUT2D eigenvalue weighted by Crippen LogP contribution is -2.51. The van der Waals surface area contributed by atoms with E-state index in [-0.39, 0.29) is 23.1 Å². The molecule has 3 aromatic rings. The van der Waals surface area contributed by atoms with Crippen LogP contribution < -0.4 is 11.2 Å². The van der Waals surface area contributed by atoms with Crippen LogP contribution in [0.15, 0.2) is 58.3 Å². The number of nitrogens with zero attached hydrogens (tertiary/aromatic N) is 4. The van der Waals surface area contributed by atoms with Gasteiger partial charge in [0, 0.05) is 38.8 Å². The quantitative estimate of drug-likeness (QED) is 0.316. The van der Waals surface area contributed by atoms with E-state index in [0.717, 1.165) is 28.5 Å². The summed E-state index contributed by atoms with van der Waals surface area (Å²) >= 11 is 0. The second-order valence-electron chi connectivity index (χ2n) is 10.6. The number of hydrogen-bond donors (Lipinski definition) is 0. The highest BCUT2D eigenvalue weighted by atomic mass is 19.4. The maximum Gasteiger partial charge on any atom is 0.408 e. The van der Waals surface area contributed by atoms with Crippen molar-refractivity contribution in [3.8, 4) is 11.1 Å². The molecule has 2 aliphatic rings. The van der Waals surface area contributed by atoms with Crippen LogP contribution >= 0.6 is 0 Å². The smallest absolute Gasteiger partial charge is 0.332 e. The molecule has 1 spiro atoms. The summed E-state index contributed by atoms with van der Waals surface area (Å²) < 4.78 is 62.2. The molecule has 1 fully saturated rings. The molecule has 2 amide bonds. The molecule has 2 atom stereocenters. The first-order chi connectivity index (χ1) is 20.1. The number of fused-ring (bicyclic) bond motifs is 2. The summed E-state index contributed by atoms with van der Waals surface area (Å²) in [5, 5.41) is 0. The summed E-state index contributed by atoms with van der Waals surface area (Å²) in [6.45, 7) is -1.01. The van der Waals surface area contributed by atoms with Gasteiger partial charge in [-0.15, -0.1) is 0 Å². The number of carbonyl (C=O) groups excluding carboxylic acids is 3.